The lowest BCUT2D eigenvalue weighted by Gasteiger charge is -2.13. The topological polar surface area (TPSA) is 87.3 Å². The highest BCUT2D eigenvalue weighted by Gasteiger charge is 2.17. The first kappa shape index (κ1) is 29.4. The largest absolute Gasteiger partial charge is 0.325 e. The number of benzene rings is 4. The van der Waals surface area contributed by atoms with Gasteiger partial charge in [0.1, 0.15) is 5.70 Å². The Kier molecular flexibility index (Phi) is 10.4. The molecule has 0 bridgehead atoms. The summed E-state index contributed by atoms with van der Waals surface area (Å²) in [6.07, 6.45) is 1.59. The third-order valence-corrected chi connectivity index (χ3v) is 7.70. The third-order valence-electron chi connectivity index (χ3n) is 5.62. The maximum atomic E-state index is 13.2. The van der Waals surface area contributed by atoms with Gasteiger partial charge >= 0.3 is 0 Å². The van der Waals surface area contributed by atoms with Gasteiger partial charge in [0.05, 0.1) is 5.25 Å². The minimum atomic E-state index is -0.482. The number of halogens is 2. The zero-order valence-electron chi connectivity index (χ0n) is 21.4. The summed E-state index contributed by atoms with van der Waals surface area (Å²) < 4.78 is 1.09. The fourth-order valence-corrected chi connectivity index (χ4v) is 4.87. The van der Waals surface area contributed by atoms with E-state index in [1.54, 1.807) is 66.7 Å². The fourth-order valence-electron chi connectivity index (χ4n) is 3.52. The molecule has 40 heavy (non-hydrogen) atoms. The van der Waals surface area contributed by atoms with Crippen molar-refractivity contribution in [3.63, 3.8) is 0 Å². The number of anilines is 2. The third kappa shape index (κ3) is 8.70. The number of carbonyl (C=O) groups is 3. The lowest BCUT2D eigenvalue weighted by atomic mass is 10.1. The van der Waals surface area contributed by atoms with Gasteiger partial charge in [0.25, 0.3) is 11.8 Å². The lowest BCUT2D eigenvalue weighted by molar-refractivity contribution is -0.115. The van der Waals surface area contributed by atoms with E-state index in [-0.39, 0.29) is 16.9 Å². The van der Waals surface area contributed by atoms with Crippen LogP contribution in [0.2, 0.25) is 5.02 Å². The van der Waals surface area contributed by atoms with Gasteiger partial charge in [0.2, 0.25) is 5.91 Å². The number of hydrogen-bond acceptors (Lipinski definition) is 4. The van der Waals surface area contributed by atoms with E-state index in [2.05, 4.69) is 38.5 Å². The van der Waals surface area contributed by atoms with Crippen molar-refractivity contribution in [2.24, 2.45) is 0 Å². The summed E-state index contributed by atoms with van der Waals surface area (Å²) >= 11 is 9.62. The lowest BCUT2D eigenvalue weighted by Crippen LogP contribution is -2.30. The average Bonchev–Trinajstić information content (AvgIpc) is 2.96. The molecular formula is C31H25ClIN3O3S. The molecule has 4 rings (SSSR count). The smallest absolute Gasteiger partial charge is 0.272 e. The molecule has 0 radical (unpaired) electrons. The second-order valence-electron chi connectivity index (χ2n) is 8.66. The molecule has 0 heterocycles. The van der Waals surface area contributed by atoms with Crippen LogP contribution >= 0.6 is 46.0 Å². The molecule has 0 aliphatic heterocycles. The number of rotatable bonds is 9. The van der Waals surface area contributed by atoms with E-state index in [4.69, 9.17) is 11.6 Å². The van der Waals surface area contributed by atoms with Crippen molar-refractivity contribution < 1.29 is 14.4 Å². The van der Waals surface area contributed by atoms with Gasteiger partial charge < -0.3 is 16.0 Å². The van der Waals surface area contributed by atoms with Crippen LogP contribution in [0.5, 0.6) is 0 Å². The molecule has 0 aliphatic carbocycles. The molecule has 0 aliphatic rings. The highest BCUT2D eigenvalue weighted by molar-refractivity contribution is 14.1. The Labute approximate surface area is 255 Å². The summed E-state index contributed by atoms with van der Waals surface area (Å²) in [7, 11) is 0. The predicted molar refractivity (Wildman–Crippen MR) is 172 cm³/mol. The van der Waals surface area contributed by atoms with Crippen LogP contribution in [0.3, 0.4) is 0 Å². The zero-order valence-corrected chi connectivity index (χ0v) is 25.1. The molecule has 6 nitrogen and oxygen atoms in total. The minimum absolute atomic E-state index is 0.0792. The minimum Gasteiger partial charge on any atom is -0.325 e. The van der Waals surface area contributed by atoms with Crippen LogP contribution in [-0.4, -0.2) is 23.0 Å². The van der Waals surface area contributed by atoms with Gasteiger partial charge in [0, 0.05) is 30.4 Å². The normalized spacial score (nSPS) is 11.8. The summed E-state index contributed by atoms with van der Waals surface area (Å²) in [6.45, 7) is 1.84. The van der Waals surface area contributed by atoms with Gasteiger partial charge in [0.15, 0.2) is 0 Å². The van der Waals surface area contributed by atoms with Gasteiger partial charge in [-0.15, -0.1) is 11.8 Å². The highest BCUT2D eigenvalue weighted by atomic mass is 127. The second kappa shape index (κ2) is 14.2. The van der Waals surface area contributed by atoms with Gasteiger partial charge in [-0.1, -0.05) is 41.9 Å². The van der Waals surface area contributed by atoms with Crippen molar-refractivity contribution >= 4 is 81.1 Å². The van der Waals surface area contributed by atoms with Gasteiger partial charge in [-0.3, -0.25) is 14.4 Å². The monoisotopic (exact) mass is 681 g/mol. The standard InChI is InChI=1S/C31H25ClIN3O3S/c1-20(29(37)34-25-13-11-24(33)12-14-25)40-27-17-15-26(16-18-27)35-31(39)28(19-21-7-9-23(32)10-8-21)36-30(38)22-5-3-2-4-6-22/h2-20H,1H3,(H,34,37)(H,35,39)(H,36,38)/b28-19-. The van der Waals surface area contributed by atoms with E-state index in [0.717, 1.165) is 14.2 Å². The number of hydrogen-bond donors (Lipinski definition) is 3. The molecule has 1 atom stereocenters. The number of amides is 3. The van der Waals surface area contributed by atoms with E-state index in [0.29, 0.717) is 21.8 Å². The number of thioether (sulfide) groups is 1. The first-order valence-corrected chi connectivity index (χ1v) is 14.6. The second-order valence-corrected chi connectivity index (χ2v) is 11.8. The van der Waals surface area contributed by atoms with E-state index < -0.39 is 11.8 Å². The molecule has 0 saturated carbocycles. The van der Waals surface area contributed by atoms with E-state index >= 15 is 0 Å². The van der Waals surface area contributed by atoms with E-state index in [1.165, 1.54) is 11.8 Å². The summed E-state index contributed by atoms with van der Waals surface area (Å²) in [6, 6.07) is 30.4. The van der Waals surface area contributed by atoms with Crippen LogP contribution in [-0.2, 0) is 9.59 Å². The Balaban J connectivity index is 1.42. The molecular weight excluding hydrogens is 657 g/mol. The van der Waals surface area contributed by atoms with Crippen molar-refractivity contribution in [1.82, 2.24) is 5.32 Å². The van der Waals surface area contributed by atoms with Crippen LogP contribution in [0.15, 0.2) is 114 Å². The Morgan fingerprint density at radius 2 is 1.40 bits per heavy atom. The summed E-state index contributed by atoms with van der Waals surface area (Å²) in [5.41, 5.74) is 2.50. The van der Waals surface area contributed by atoms with Crippen LogP contribution in [0.4, 0.5) is 11.4 Å². The summed E-state index contributed by atoms with van der Waals surface area (Å²) in [5, 5.41) is 8.71. The summed E-state index contributed by atoms with van der Waals surface area (Å²) in [4.78, 5) is 39.5. The molecule has 9 heteroatoms. The zero-order chi connectivity index (χ0) is 28.5. The van der Waals surface area contributed by atoms with Gasteiger partial charge in [-0.05, 0) is 114 Å². The van der Waals surface area contributed by atoms with E-state index in [1.807, 2.05) is 49.4 Å². The Morgan fingerprint density at radius 1 is 0.800 bits per heavy atom. The maximum absolute atomic E-state index is 13.2. The van der Waals surface area contributed by atoms with Crippen molar-refractivity contribution in [1.29, 1.82) is 0 Å². The Morgan fingerprint density at radius 3 is 2.05 bits per heavy atom. The molecule has 3 amide bonds. The van der Waals surface area contributed by atoms with Crippen LogP contribution in [0.25, 0.3) is 6.08 Å². The number of carbonyl (C=O) groups excluding carboxylic acids is 3. The first-order valence-electron chi connectivity index (χ1n) is 12.2. The number of nitrogens with one attached hydrogen (secondary N) is 3. The maximum Gasteiger partial charge on any atom is 0.272 e. The molecule has 202 valence electrons. The molecule has 0 aromatic heterocycles. The average molecular weight is 682 g/mol. The highest BCUT2D eigenvalue weighted by Crippen LogP contribution is 2.26. The predicted octanol–water partition coefficient (Wildman–Crippen LogP) is 7.47. The first-order chi connectivity index (χ1) is 19.3. The molecule has 0 spiro atoms. The van der Waals surface area contributed by atoms with Crippen LogP contribution in [0.1, 0.15) is 22.8 Å². The molecule has 4 aromatic rings. The van der Waals surface area contributed by atoms with Crippen LogP contribution < -0.4 is 16.0 Å². The molecule has 1 unspecified atom stereocenters. The molecule has 0 fully saturated rings. The molecule has 4 aromatic carbocycles. The van der Waals surface area contributed by atoms with E-state index in [9.17, 15) is 14.4 Å². The molecule has 0 saturated heterocycles. The van der Waals surface area contributed by atoms with Crippen molar-refractivity contribution in [3.8, 4) is 0 Å². The SMILES string of the molecule is CC(Sc1ccc(NC(=O)/C(=C/c2ccc(Cl)cc2)NC(=O)c2ccccc2)cc1)C(=O)Nc1ccc(I)cc1. The Hall–Kier alpha value is -3.60. The fraction of sp³-hybridized carbons (Fsp3) is 0.0645. The van der Waals surface area contributed by atoms with Crippen molar-refractivity contribution in [2.75, 3.05) is 10.6 Å². The van der Waals surface area contributed by atoms with Crippen molar-refractivity contribution in [3.05, 3.63) is 129 Å². The summed E-state index contributed by atoms with van der Waals surface area (Å²) in [5.74, 6) is -0.986. The Bertz CT molecular complexity index is 1510. The van der Waals surface area contributed by atoms with Crippen molar-refractivity contribution in [2.45, 2.75) is 17.1 Å². The van der Waals surface area contributed by atoms with Gasteiger partial charge in [-0.2, -0.15) is 0 Å². The quantitative estimate of drug-likeness (QED) is 0.0972. The van der Waals surface area contributed by atoms with Gasteiger partial charge in [-0.25, -0.2) is 0 Å². The molecule has 3 N–H and O–H groups in total. The van der Waals surface area contributed by atoms with Crippen LogP contribution in [0, 0.1) is 3.57 Å².